The number of para-hydroxylation sites is 1. The van der Waals surface area contributed by atoms with E-state index < -0.39 is 28.3 Å². The predicted octanol–water partition coefficient (Wildman–Crippen LogP) is 4.63. The Morgan fingerprint density at radius 3 is 2.39 bits per heavy atom. The Labute approximate surface area is 185 Å². The van der Waals surface area contributed by atoms with Gasteiger partial charge in [-0.25, -0.2) is 12.8 Å². The van der Waals surface area contributed by atoms with E-state index in [0.29, 0.717) is 16.5 Å². The second-order valence-electron chi connectivity index (χ2n) is 6.65. The number of hydrogen-bond acceptors (Lipinski definition) is 4. The normalized spacial score (nSPS) is 11.1. The zero-order valence-corrected chi connectivity index (χ0v) is 18.4. The first kappa shape index (κ1) is 22.6. The summed E-state index contributed by atoms with van der Waals surface area (Å²) in [4.78, 5) is 12.6. The molecule has 9 heteroatoms. The molecule has 0 unspecified atom stereocenters. The molecule has 3 aromatic rings. The number of carbonyl (C=O) groups is 1. The number of rotatable bonds is 7. The molecule has 0 saturated carbocycles. The third-order valence-corrected chi connectivity index (χ3v) is 6.69. The van der Waals surface area contributed by atoms with Gasteiger partial charge in [0, 0.05) is 10.7 Å². The maximum atomic E-state index is 14.5. The van der Waals surface area contributed by atoms with Crippen LogP contribution in [0.1, 0.15) is 5.56 Å². The van der Waals surface area contributed by atoms with Crippen molar-refractivity contribution < 1.29 is 22.3 Å². The fourth-order valence-corrected chi connectivity index (χ4v) is 4.44. The summed E-state index contributed by atoms with van der Waals surface area (Å²) in [5.74, 6) is -0.962. The van der Waals surface area contributed by atoms with Crippen LogP contribution in [-0.4, -0.2) is 28.0 Å². The number of carbonyl (C=O) groups excluding carboxylic acids is 1. The quantitative estimate of drug-likeness (QED) is 0.555. The van der Waals surface area contributed by atoms with E-state index in [0.717, 1.165) is 15.9 Å². The molecule has 0 saturated heterocycles. The summed E-state index contributed by atoms with van der Waals surface area (Å²) >= 11 is 6.08. The number of anilines is 2. The minimum atomic E-state index is -4.25. The zero-order chi connectivity index (χ0) is 22.6. The summed E-state index contributed by atoms with van der Waals surface area (Å²) in [6, 6.07) is 15.9. The van der Waals surface area contributed by atoms with Crippen LogP contribution >= 0.6 is 11.6 Å². The van der Waals surface area contributed by atoms with E-state index in [1.165, 1.54) is 49.6 Å². The van der Waals surface area contributed by atoms with Crippen molar-refractivity contribution in [2.45, 2.75) is 11.8 Å². The van der Waals surface area contributed by atoms with Crippen molar-refractivity contribution in [3.63, 3.8) is 0 Å². The molecule has 1 N–H and O–H groups in total. The first-order chi connectivity index (χ1) is 14.7. The molecule has 0 heterocycles. The van der Waals surface area contributed by atoms with Gasteiger partial charge in [0.05, 0.1) is 17.7 Å². The highest BCUT2D eigenvalue weighted by Gasteiger charge is 2.29. The molecule has 0 spiro atoms. The fraction of sp³-hybridized carbons (Fsp3) is 0.136. The molecule has 0 radical (unpaired) electrons. The first-order valence-corrected chi connectivity index (χ1v) is 11.0. The number of amides is 1. The summed E-state index contributed by atoms with van der Waals surface area (Å²) < 4.78 is 46.9. The summed E-state index contributed by atoms with van der Waals surface area (Å²) in [7, 11) is -2.80. The van der Waals surface area contributed by atoms with E-state index in [-0.39, 0.29) is 10.6 Å². The van der Waals surface area contributed by atoms with E-state index in [4.69, 9.17) is 16.3 Å². The topological polar surface area (TPSA) is 75.7 Å². The number of hydrogen-bond donors (Lipinski definition) is 1. The molecule has 0 fully saturated rings. The lowest BCUT2D eigenvalue weighted by molar-refractivity contribution is -0.114. The van der Waals surface area contributed by atoms with Gasteiger partial charge in [-0.05, 0) is 61.0 Å². The zero-order valence-electron chi connectivity index (χ0n) is 16.8. The summed E-state index contributed by atoms with van der Waals surface area (Å²) in [5.41, 5.74) is 0.987. The second kappa shape index (κ2) is 9.36. The van der Waals surface area contributed by atoms with Gasteiger partial charge >= 0.3 is 0 Å². The Balaban J connectivity index is 1.95. The van der Waals surface area contributed by atoms with Crippen LogP contribution in [0.25, 0.3) is 0 Å². The molecule has 0 aromatic heterocycles. The van der Waals surface area contributed by atoms with Crippen molar-refractivity contribution in [2.75, 3.05) is 23.3 Å². The van der Waals surface area contributed by atoms with Crippen molar-refractivity contribution in [1.29, 1.82) is 0 Å². The molecule has 3 aromatic carbocycles. The van der Waals surface area contributed by atoms with Crippen molar-refractivity contribution in [2.24, 2.45) is 0 Å². The Morgan fingerprint density at radius 2 is 1.77 bits per heavy atom. The number of aryl methyl sites for hydroxylation is 1. The Bertz CT molecular complexity index is 1200. The minimum Gasteiger partial charge on any atom is -0.497 e. The molecule has 0 bridgehead atoms. The Kier molecular flexibility index (Phi) is 6.82. The molecule has 0 atom stereocenters. The highest BCUT2D eigenvalue weighted by molar-refractivity contribution is 7.92. The molecular formula is C22H20ClFN2O4S. The van der Waals surface area contributed by atoms with E-state index in [1.54, 1.807) is 18.2 Å². The molecule has 31 heavy (non-hydrogen) atoms. The SMILES string of the molecule is COc1ccc(S(=O)(=O)N(CC(=O)Nc2ccc(C)c(Cl)c2)c2ccccc2F)cc1. The van der Waals surface area contributed by atoms with Crippen LogP contribution in [-0.2, 0) is 14.8 Å². The lowest BCUT2D eigenvalue weighted by atomic mass is 10.2. The predicted molar refractivity (Wildman–Crippen MR) is 119 cm³/mol. The van der Waals surface area contributed by atoms with E-state index >= 15 is 0 Å². The van der Waals surface area contributed by atoms with Gasteiger partial charge in [0.1, 0.15) is 18.1 Å². The third kappa shape index (κ3) is 5.15. The number of halogens is 2. The summed E-state index contributed by atoms with van der Waals surface area (Å²) in [6.07, 6.45) is 0. The smallest absolute Gasteiger partial charge is 0.264 e. The monoisotopic (exact) mass is 462 g/mol. The van der Waals surface area contributed by atoms with E-state index in [1.807, 2.05) is 6.92 Å². The number of benzene rings is 3. The molecule has 162 valence electrons. The standard InChI is InChI=1S/C22H20ClFN2O4S/c1-15-7-8-16(13-19(15)23)25-22(27)14-26(21-6-4-3-5-20(21)24)31(28,29)18-11-9-17(30-2)10-12-18/h3-13H,14H2,1-2H3,(H,25,27). The largest absolute Gasteiger partial charge is 0.497 e. The summed E-state index contributed by atoms with van der Waals surface area (Å²) in [6.45, 7) is 1.18. The molecule has 0 aliphatic carbocycles. The fourth-order valence-electron chi connectivity index (χ4n) is 2.83. The number of ether oxygens (including phenoxy) is 1. The lowest BCUT2D eigenvalue weighted by Crippen LogP contribution is -2.38. The van der Waals surface area contributed by atoms with E-state index in [9.17, 15) is 17.6 Å². The maximum Gasteiger partial charge on any atom is 0.264 e. The number of nitrogens with one attached hydrogen (secondary N) is 1. The average molecular weight is 463 g/mol. The van der Waals surface area contributed by atoms with Crippen LogP contribution in [0.5, 0.6) is 5.75 Å². The molecule has 0 aliphatic heterocycles. The van der Waals surface area contributed by atoms with Gasteiger partial charge in [-0.2, -0.15) is 0 Å². The Hall–Kier alpha value is -3.10. The molecule has 0 aliphatic rings. The van der Waals surface area contributed by atoms with Gasteiger partial charge < -0.3 is 10.1 Å². The van der Waals surface area contributed by atoms with E-state index in [2.05, 4.69) is 5.32 Å². The first-order valence-electron chi connectivity index (χ1n) is 9.19. The van der Waals surface area contributed by atoms with Gasteiger partial charge in [-0.15, -0.1) is 0 Å². The highest BCUT2D eigenvalue weighted by Crippen LogP contribution is 2.27. The van der Waals surface area contributed by atoms with Gasteiger partial charge in [0.25, 0.3) is 10.0 Å². The molecule has 1 amide bonds. The van der Waals surface area contributed by atoms with Crippen molar-refractivity contribution in [3.05, 3.63) is 83.1 Å². The van der Waals surface area contributed by atoms with Crippen LogP contribution in [0.2, 0.25) is 5.02 Å². The summed E-state index contributed by atoms with van der Waals surface area (Å²) in [5, 5.41) is 3.05. The lowest BCUT2D eigenvalue weighted by Gasteiger charge is -2.24. The van der Waals surface area contributed by atoms with Crippen LogP contribution in [0.3, 0.4) is 0 Å². The molecular weight excluding hydrogens is 443 g/mol. The van der Waals surface area contributed by atoms with Gasteiger partial charge in [-0.1, -0.05) is 29.8 Å². The van der Waals surface area contributed by atoms with Crippen molar-refractivity contribution in [1.82, 2.24) is 0 Å². The maximum absolute atomic E-state index is 14.5. The van der Waals surface area contributed by atoms with Crippen LogP contribution < -0.4 is 14.4 Å². The molecule has 3 rings (SSSR count). The van der Waals surface area contributed by atoms with Crippen LogP contribution in [0.15, 0.2) is 71.6 Å². The van der Waals surface area contributed by atoms with Crippen molar-refractivity contribution in [3.8, 4) is 5.75 Å². The van der Waals surface area contributed by atoms with Crippen molar-refractivity contribution >= 4 is 38.9 Å². The number of sulfonamides is 1. The second-order valence-corrected chi connectivity index (χ2v) is 8.92. The number of methoxy groups -OCH3 is 1. The highest BCUT2D eigenvalue weighted by atomic mass is 35.5. The van der Waals surface area contributed by atoms with Gasteiger partial charge in [0.2, 0.25) is 5.91 Å². The van der Waals surface area contributed by atoms with Gasteiger partial charge in [-0.3, -0.25) is 9.10 Å². The minimum absolute atomic E-state index is 0.109. The third-order valence-electron chi connectivity index (χ3n) is 4.51. The van der Waals surface area contributed by atoms with Crippen LogP contribution in [0.4, 0.5) is 15.8 Å². The van der Waals surface area contributed by atoms with Crippen LogP contribution in [0, 0.1) is 12.7 Å². The Morgan fingerprint density at radius 1 is 1.10 bits per heavy atom. The van der Waals surface area contributed by atoms with Gasteiger partial charge in [0.15, 0.2) is 0 Å². The molecule has 6 nitrogen and oxygen atoms in total. The average Bonchev–Trinajstić information content (AvgIpc) is 2.75. The number of nitrogens with zero attached hydrogens (tertiary/aromatic N) is 1.